The molecule has 0 atom stereocenters. The molecule has 4 heterocycles. The van der Waals surface area contributed by atoms with Gasteiger partial charge in [-0.3, -0.25) is 9.78 Å². The van der Waals surface area contributed by atoms with Gasteiger partial charge >= 0.3 is 0 Å². The lowest BCUT2D eigenvalue weighted by Gasteiger charge is -2.18. The summed E-state index contributed by atoms with van der Waals surface area (Å²) in [7, 11) is 0. The molecule has 3 aromatic rings. The summed E-state index contributed by atoms with van der Waals surface area (Å²) in [4.78, 5) is 16.9. The number of pyridine rings is 2. The number of aromatic nitrogens is 3. The molecule has 6 nitrogen and oxygen atoms in total. The fraction of sp³-hybridized carbons (Fsp3) is 0.222. The summed E-state index contributed by atoms with van der Waals surface area (Å²) < 4.78 is 1.79. The number of hydrazone groups is 1. The molecule has 0 saturated heterocycles. The van der Waals surface area contributed by atoms with Crippen LogP contribution in [0.25, 0.3) is 5.52 Å². The van der Waals surface area contributed by atoms with E-state index in [1.165, 1.54) is 5.01 Å². The summed E-state index contributed by atoms with van der Waals surface area (Å²) in [5.41, 5.74) is 2.64. The van der Waals surface area contributed by atoms with Crippen molar-refractivity contribution in [2.45, 2.75) is 20.4 Å². The predicted octanol–water partition coefficient (Wildman–Crippen LogP) is 2.50. The van der Waals surface area contributed by atoms with Crippen LogP contribution < -0.4 is 0 Å². The maximum atomic E-state index is 12.8. The maximum Gasteiger partial charge on any atom is 0.254 e. The van der Waals surface area contributed by atoms with Gasteiger partial charge in [0.15, 0.2) is 0 Å². The van der Waals surface area contributed by atoms with Gasteiger partial charge in [0.2, 0.25) is 0 Å². The first kappa shape index (κ1) is 14.6. The van der Waals surface area contributed by atoms with Crippen molar-refractivity contribution in [3.05, 3.63) is 66.2 Å². The molecular weight excluding hydrogens is 302 g/mol. The topological polar surface area (TPSA) is 62.9 Å². The molecule has 0 aliphatic carbocycles. The van der Waals surface area contributed by atoms with Crippen molar-refractivity contribution in [2.24, 2.45) is 10.5 Å². The Morgan fingerprint density at radius 2 is 2.04 bits per heavy atom. The highest BCUT2D eigenvalue weighted by atomic mass is 16.2. The monoisotopic (exact) mass is 319 g/mol. The Hall–Kier alpha value is -3.02. The fourth-order valence-corrected chi connectivity index (χ4v) is 2.91. The zero-order chi connectivity index (χ0) is 16.7. The van der Waals surface area contributed by atoms with Gasteiger partial charge in [-0.25, -0.2) is 9.52 Å². The van der Waals surface area contributed by atoms with E-state index < -0.39 is 5.41 Å². The third kappa shape index (κ3) is 2.27. The van der Waals surface area contributed by atoms with E-state index in [2.05, 4.69) is 15.2 Å². The normalized spacial score (nSPS) is 16.7. The molecule has 0 aromatic carbocycles. The predicted molar refractivity (Wildman–Crippen MR) is 90.3 cm³/mol. The third-order valence-corrected chi connectivity index (χ3v) is 4.25. The second-order valence-corrected chi connectivity index (χ2v) is 6.40. The zero-order valence-corrected chi connectivity index (χ0v) is 13.5. The van der Waals surface area contributed by atoms with Crippen LogP contribution in [0.4, 0.5) is 0 Å². The van der Waals surface area contributed by atoms with Crippen molar-refractivity contribution >= 4 is 17.1 Å². The zero-order valence-electron chi connectivity index (χ0n) is 13.5. The number of fused-ring (bicyclic) bond motifs is 1. The Morgan fingerprint density at radius 1 is 1.17 bits per heavy atom. The second kappa shape index (κ2) is 5.26. The summed E-state index contributed by atoms with van der Waals surface area (Å²) in [5, 5.41) is 10.7. The van der Waals surface area contributed by atoms with E-state index in [9.17, 15) is 4.79 Å². The van der Waals surface area contributed by atoms with Crippen LogP contribution in [0.1, 0.15) is 25.1 Å². The molecular formula is C18H17N5O. The molecule has 0 fully saturated rings. The first-order valence-electron chi connectivity index (χ1n) is 7.80. The number of rotatable bonds is 3. The van der Waals surface area contributed by atoms with Crippen molar-refractivity contribution in [3.8, 4) is 0 Å². The largest absolute Gasteiger partial charge is 0.272 e. The lowest BCUT2D eigenvalue weighted by molar-refractivity contribution is -0.135. The summed E-state index contributed by atoms with van der Waals surface area (Å²) in [6.45, 7) is 4.19. The van der Waals surface area contributed by atoms with Crippen molar-refractivity contribution < 1.29 is 4.79 Å². The van der Waals surface area contributed by atoms with Gasteiger partial charge in [-0.05, 0) is 43.7 Å². The van der Waals surface area contributed by atoms with Crippen molar-refractivity contribution in [1.29, 1.82) is 0 Å². The Labute approximate surface area is 139 Å². The number of hydrogen-bond acceptors (Lipinski definition) is 4. The number of hydrogen-bond donors (Lipinski definition) is 0. The van der Waals surface area contributed by atoms with Crippen molar-refractivity contribution in [2.75, 3.05) is 0 Å². The molecule has 0 N–H and O–H groups in total. The van der Waals surface area contributed by atoms with Gasteiger partial charge in [0.25, 0.3) is 5.91 Å². The highest BCUT2D eigenvalue weighted by Gasteiger charge is 2.44. The van der Waals surface area contributed by atoms with Crippen LogP contribution in [-0.4, -0.2) is 31.2 Å². The van der Waals surface area contributed by atoms with Gasteiger partial charge < -0.3 is 0 Å². The van der Waals surface area contributed by atoms with Gasteiger partial charge in [0.05, 0.1) is 17.5 Å². The van der Waals surface area contributed by atoms with Gasteiger partial charge in [0.1, 0.15) is 11.4 Å². The van der Waals surface area contributed by atoms with Gasteiger partial charge in [-0.1, -0.05) is 12.1 Å². The van der Waals surface area contributed by atoms with Crippen molar-refractivity contribution in [3.63, 3.8) is 0 Å². The quantitative estimate of drug-likeness (QED) is 0.745. The van der Waals surface area contributed by atoms with E-state index in [4.69, 9.17) is 0 Å². The van der Waals surface area contributed by atoms with Crippen molar-refractivity contribution in [1.82, 2.24) is 19.6 Å². The molecule has 0 bridgehead atoms. The number of nitrogens with zero attached hydrogens (tertiary/aromatic N) is 5. The molecule has 0 spiro atoms. The summed E-state index contributed by atoms with van der Waals surface area (Å²) in [6, 6.07) is 11.6. The molecule has 24 heavy (non-hydrogen) atoms. The Balaban J connectivity index is 1.72. The molecule has 6 heteroatoms. The SMILES string of the molecule is CC1(C)C(=O)N(Cc2cccnc2)N=C1c1cc2ccccn2n1. The van der Waals surface area contributed by atoms with Crippen LogP contribution in [0.2, 0.25) is 0 Å². The standard InChI is InChI=1S/C18H17N5O/c1-18(2)16(15-10-14-7-3-4-9-22(14)20-15)21-23(17(18)24)12-13-6-5-8-19-11-13/h3-11H,12H2,1-2H3. The molecule has 120 valence electrons. The summed E-state index contributed by atoms with van der Waals surface area (Å²) >= 11 is 0. The fourth-order valence-electron chi connectivity index (χ4n) is 2.91. The maximum absolute atomic E-state index is 12.8. The smallest absolute Gasteiger partial charge is 0.254 e. The van der Waals surface area contributed by atoms with Gasteiger partial charge in [-0.2, -0.15) is 10.2 Å². The number of carbonyl (C=O) groups is 1. The minimum atomic E-state index is -0.708. The van der Waals surface area contributed by atoms with Crippen LogP contribution in [0.5, 0.6) is 0 Å². The molecule has 1 aliphatic rings. The van der Waals surface area contributed by atoms with E-state index in [1.807, 2.05) is 56.4 Å². The van der Waals surface area contributed by atoms with Crippen LogP contribution in [0.3, 0.4) is 0 Å². The first-order valence-corrected chi connectivity index (χ1v) is 7.80. The van der Waals surface area contributed by atoms with E-state index in [0.29, 0.717) is 12.3 Å². The number of amides is 1. The second-order valence-electron chi connectivity index (χ2n) is 6.40. The average molecular weight is 319 g/mol. The minimum Gasteiger partial charge on any atom is -0.272 e. The van der Waals surface area contributed by atoms with Crippen LogP contribution in [-0.2, 0) is 11.3 Å². The molecule has 4 rings (SSSR count). The molecule has 3 aromatic heterocycles. The molecule has 1 amide bonds. The van der Waals surface area contributed by atoms with E-state index in [1.54, 1.807) is 16.9 Å². The van der Waals surface area contributed by atoms with E-state index in [-0.39, 0.29) is 5.91 Å². The van der Waals surface area contributed by atoms with Crippen LogP contribution >= 0.6 is 0 Å². The molecule has 0 saturated carbocycles. The highest BCUT2D eigenvalue weighted by molar-refractivity contribution is 6.18. The highest BCUT2D eigenvalue weighted by Crippen LogP contribution is 2.32. The Bertz CT molecular complexity index is 909. The Morgan fingerprint density at radius 3 is 2.79 bits per heavy atom. The first-order chi connectivity index (χ1) is 11.6. The van der Waals surface area contributed by atoms with Crippen LogP contribution in [0, 0.1) is 5.41 Å². The number of carbonyl (C=O) groups excluding carboxylic acids is 1. The van der Waals surface area contributed by atoms with Crippen LogP contribution in [0.15, 0.2) is 60.1 Å². The Kier molecular flexibility index (Phi) is 3.19. The molecule has 1 aliphatic heterocycles. The third-order valence-electron chi connectivity index (χ3n) is 4.25. The molecule has 0 radical (unpaired) electrons. The van der Waals surface area contributed by atoms with E-state index in [0.717, 1.165) is 16.8 Å². The summed E-state index contributed by atoms with van der Waals surface area (Å²) in [5.74, 6) is -0.0293. The van der Waals surface area contributed by atoms with Gasteiger partial charge in [-0.15, -0.1) is 0 Å². The van der Waals surface area contributed by atoms with Gasteiger partial charge in [0, 0.05) is 18.6 Å². The molecule has 0 unspecified atom stereocenters. The summed E-state index contributed by atoms with van der Waals surface area (Å²) in [6.07, 6.45) is 5.35. The average Bonchev–Trinajstić information content (AvgIpc) is 3.10. The lowest BCUT2D eigenvalue weighted by Crippen LogP contribution is -2.34. The lowest BCUT2D eigenvalue weighted by atomic mass is 9.85. The minimum absolute atomic E-state index is 0.0293. The van der Waals surface area contributed by atoms with E-state index >= 15 is 0 Å².